The van der Waals surface area contributed by atoms with Crippen LogP contribution in [-0.2, 0) is 12.8 Å². The first-order valence-electron chi connectivity index (χ1n) is 7.52. The van der Waals surface area contributed by atoms with Gasteiger partial charge in [-0.1, -0.05) is 36.4 Å². The van der Waals surface area contributed by atoms with Gasteiger partial charge in [-0.2, -0.15) is 0 Å². The van der Waals surface area contributed by atoms with E-state index in [-0.39, 0.29) is 17.8 Å². The fraction of sp³-hybridized carbons (Fsp3) is 0.316. The van der Waals surface area contributed by atoms with Gasteiger partial charge < -0.3 is 4.74 Å². The Hall–Kier alpha value is -2.09. The molecule has 0 spiro atoms. The molecule has 0 radical (unpaired) electrons. The highest BCUT2D eigenvalue weighted by molar-refractivity contribution is 6.01. The lowest BCUT2D eigenvalue weighted by Gasteiger charge is -2.15. The van der Waals surface area contributed by atoms with Crippen molar-refractivity contribution in [2.45, 2.75) is 32.8 Å². The third-order valence-electron chi connectivity index (χ3n) is 3.94. The molecule has 0 fully saturated rings. The summed E-state index contributed by atoms with van der Waals surface area (Å²) < 4.78 is 5.78. The number of hydrogen-bond donors (Lipinski definition) is 0. The first-order chi connectivity index (χ1) is 10.1. The minimum atomic E-state index is 0.0410. The second-order valence-corrected chi connectivity index (χ2v) is 5.90. The molecule has 0 aliphatic heterocycles. The number of rotatable bonds is 4. The molecule has 1 aliphatic carbocycles. The van der Waals surface area contributed by atoms with Gasteiger partial charge in [0.2, 0.25) is 0 Å². The van der Waals surface area contributed by atoms with Gasteiger partial charge in [0.05, 0.1) is 11.7 Å². The van der Waals surface area contributed by atoms with E-state index in [1.54, 1.807) is 0 Å². The number of fused-ring (bicyclic) bond motifs is 1. The summed E-state index contributed by atoms with van der Waals surface area (Å²) in [6, 6.07) is 15.9. The van der Waals surface area contributed by atoms with Crippen molar-refractivity contribution >= 4 is 5.78 Å². The maximum atomic E-state index is 12.8. The van der Waals surface area contributed by atoms with Crippen LogP contribution in [-0.4, -0.2) is 11.9 Å². The van der Waals surface area contributed by atoms with Gasteiger partial charge in [-0.15, -0.1) is 0 Å². The number of ketones is 1. The van der Waals surface area contributed by atoms with Gasteiger partial charge in [0.15, 0.2) is 5.78 Å². The van der Waals surface area contributed by atoms with Crippen LogP contribution in [0.15, 0.2) is 48.5 Å². The van der Waals surface area contributed by atoms with Crippen LogP contribution >= 0.6 is 0 Å². The maximum absolute atomic E-state index is 12.8. The van der Waals surface area contributed by atoms with E-state index in [0.717, 1.165) is 12.8 Å². The maximum Gasteiger partial charge on any atom is 0.170 e. The molecule has 0 bridgehead atoms. The quantitative estimate of drug-likeness (QED) is 0.789. The Balaban J connectivity index is 1.84. The molecule has 2 nitrogen and oxygen atoms in total. The fourth-order valence-electron chi connectivity index (χ4n) is 2.99. The van der Waals surface area contributed by atoms with Crippen molar-refractivity contribution in [3.8, 4) is 5.75 Å². The second kappa shape index (κ2) is 5.72. The number of Topliss-reactive ketones (excluding diaryl/α,β-unsaturated/α-hetero) is 1. The molecular formula is C19H20O2. The van der Waals surface area contributed by atoms with Gasteiger partial charge in [0.25, 0.3) is 0 Å². The predicted octanol–water partition coefficient (Wildman–Crippen LogP) is 4.07. The van der Waals surface area contributed by atoms with Crippen molar-refractivity contribution < 1.29 is 9.53 Å². The molecule has 3 rings (SSSR count). The van der Waals surface area contributed by atoms with E-state index >= 15 is 0 Å². The van der Waals surface area contributed by atoms with Crippen molar-refractivity contribution in [3.63, 3.8) is 0 Å². The van der Waals surface area contributed by atoms with E-state index in [0.29, 0.717) is 11.3 Å². The molecule has 108 valence electrons. The molecule has 2 heteroatoms. The third-order valence-corrected chi connectivity index (χ3v) is 3.94. The van der Waals surface area contributed by atoms with Crippen LogP contribution in [0.2, 0.25) is 0 Å². The smallest absolute Gasteiger partial charge is 0.170 e. The number of carbonyl (C=O) groups is 1. The Labute approximate surface area is 125 Å². The molecule has 2 aromatic carbocycles. The first kappa shape index (κ1) is 13.9. The lowest BCUT2D eigenvalue weighted by molar-refractivity contribution is 0.0919. The second-order valence-electron chi connectivity index (χ2n) is 5.90. The summed E-state index contributed by atoms with van der Waals surface area (Å²) in [7, 11) is 0. The van der Waals surface area contributed by atoms with Crippen LogP contribution in [0.4, 0.5) is 0 Å². The van der Waals surface area contributed by atoms with Crippen molar-refractivity contribution in [1.29, 1.82) is 0 Å². The van der Waals surface area contributed by atoms with Crippen LogP contribution in [0.5, 0.6) is 5.75 Å². The summed E-state index contributed by atoms with van der Waals surface area (Å²) in [5.41, 5.74) is 3.32. The van der Waals surface area contributed by atoms with E-state index in [2.05, 4.69) is 12.1 Å². The molecule has 21 heavy (non-hydrogen) atoms. The summed E-state index contributed by atoms with van der Waals surface area (Å²) >= 11 is 0. The number of ether oxygens (including phenoxy) is 1. The highest BCUT2D eigenvalue weighted by atomic mass is 16.5. The SMILES string of the molecule is CC(C)Oc1ccccc1C(=O)C1Cc2ccccc2C1. The Morgan fingerprint density at radius 3 is 2.19 bits per heavy atom. The molecule has 2 aromatic rings. The standard InChI is InChI=1S/C19H20O2/c1-13(2)21-18-10-6-5-9-17(18)19(20)16-11-14-7-3-4-8-15(14)12-16/h3-10,13,16H,11-12H2,1-2H3. The highest BCUT2D eigenvalue weighted by Crippen LogP contribution is 2.31. The highest BCUT2D eigenvalue weighted by Gasteiger charge is 2.29. The van der Waals surface area contributed by atoms with Gasteiger partial charge in [0.1, 0.15) is 5.75 Å². The Bertz CT molecular complexity index is 633. The molecule has 0 heterocycles. The summed E-state index contributed by atoms with van der Waals surface area (Å²) in [5, 5.41) is 0. The molecule has 0 saturated carbocycles. The first-order valence-corrected chi connectivity index (χ1v) is 7.52. The van der Waals surface area contributed by atoms with Gasteiger partial charge in [0, 0.05) is 5.92 Å². The monoisotopic (exact) mass is 280 g/mol. The normalized spacial score (nSPS) is 14.2. The molecule has 0 N–H and O–H groups in total. The predicted molar refractivity (Wildman–Crippen MR) is 83.9 cm³/mol. The summed E-state index contributed by atoms with van der Waals surface area (Å²) in [6.07, 6.45) is 1.75. The van der Waals surface area contributed by atoms with Crippen molar-refractivity contribution in [1.82, 2.24) is 0 Å². The van der Waals surface area contributed by atoms with Crippen molar-refractivity contribution in [3.05, 3.63) is 65.2 Å². The Morgan fingerprint density at radius 1 is 1.00 bits per heavy atom. The molecule has 0 amide bonds. The zero-order valence-corrected chi connectivity index (χ0v) is 12.5. The van der Waals surface area contributed by atoms with Crippen LogP contribution in [0.1, 0.15) is 35.3 Å². The summed E-state index contributed by atoms with van der Waals surface area (Å²) in [5.74, 6) is 0.940. The molecule has 0 saturated heterocycles. The zero-order valence-electron chi connectivity index (χ0n) is 12.5. The Morgan fingerprint density at radius 2 is 1.57 bits per heavy atom. The van der Waals surface area contributed by atoms with E-state index in [1.807, 2.05) is 50.2 Å². The zero-order chi connectivity index (χ0) is 14.8. The van der Waals surface area contributed by atoms with Crippen LogP contribution in [0, 0.1) is 5.92 Å². The number of benzene rings is 2. The fourth-order valence-corrected chi connectivity index (χ4v) is 2.99. The summed E-state index contributed by atoms with van der Waals surface area (Å²) in [4.78, 5) is 12.8. The van der Waals surface area contributed by atoms with Gasteiger partial charge in [-0.05, 0) is 49.9 Å². The average molecular weight is 280 g/mol. The number of hydrogen-bond acceptors (Lipinski definition) is 2. The van der Waals surface area contributed by atoms with Gasteiger partial charge >= 0.3 is 0 Å². The average Bonchev–Trinajstić information content (AvgIpc) is 2.90. The lowest BCUT2D eigenvalue weighted by Crippen LogP contribution is -2.17. The topological polar surface area (TPSA) is 26.3 Å². The van der Waals surface area contributed by atoms with Crippen LogP contribution in [0.25, 0.3) is 0 Å². The molecule has 0 atom stereocenters. The minimum Gasteiger partial charge on any atom is -0.490 e. The largest absolute Gasteiger partial charge is 0.490 e. The van der Waals surface area contributed by atoms with Gasteiger partial charge in [-0.3, -0.25) is 4.79 Å². The van der Waals surface area contributed by atoms with Gasteiger partial charge in [-0.25, -0.2) is 0 Å². The number of para-hydroxylation sites is 1. The minimum absolute atomic E-state index is 0.0410. The Kier molecular flexibility index (Phi) is 3.78. The van der Waals surface area contributed by atoms with E-state index in [9.17, 15) is 4.79 Å². The van der Waals surface area contributed by atoms with Crippen molar-refractivity contribution in [2.24, 2.45) is 5.92 Å². The van der Waals surface area contributed by atoms with Crippen LogP contribution < -0.4 is 4.74 Å². The molecular weight excluding hydrogens is 260 g/mol. The van der Waals surface area contributed by atoms with Crippen LogP contribution in [0.3, 0.4) is 0 Å². The molecule has 0 unspecified atom stereocenters. The number of carbonyl (C=O) groups excluding carboxylic acids is 1. The lowest BCUT2D eigenvalue weighted by atomic mass is 9.94. The molecule has 0 aromatic heterocycles. The third kappa shape index (κ3) is 2.85. The van der Waals surface area contributed by atoms with E-state index < -0.39 is 0 Å². The van der Waals surface area contributed by atoms with E-state index in [1.165, 1.54) is 11.1 Å². The summed E-state index contributed by atoms with van der Waals surface area (Å²) in [6.45, 7) is 3.96. The van der Waals surface area contributed by atoms with E-state index in [4.69, 9.17) is 4.74 Å². The molecule has 1 aliphatic rings. The van der Waals surface area contributed by atoms with Crippen molar-refractivity contribution in [2.75, 3.05) is 0 Å².